The van der Waals surface area contributed by atoms with Gasteiger partial charge in [0.2, 0.25) is 5.91 Å². The van der Waals surface area contributed by atoms with Gasteiger partial charge in [-0.3, -0.25) is 9.48 Å². The Morgan fingerprint density at radius 1 is 1.07 bits per heavy atom. The standard InChI is InChI=1S/C22H25N3O2S/c1-15-21(16(2)25(3)24-15)13-14-22(26)23-17-5-9-19(10-6-17)28-20-11-7-18(27-4)8-12-20/h5-12H,13-14H2,1-4H3,(H,23,26). The molecule has 0 aliphatic carbocycles. The van der Waals surface area contributed by atoms with E-state index < -0.39 is 0 Å². The van der Waals surface area contributed by atoms with Crippen molar-refractivity contribution < 1.29 is 9.53 Å². The normalized spacial score (nSPS) is 10.7. The summed E-state index contributed by atoms with van der Waals surface area (Å²) >= 11 is 1.67. The van der Waals surface area contributed by atoms with Gasteiger partial charge in [0, 0.05) is 34.6 Å². The molecule has 1 amide bonds. The first-order valence-corrected chi connectivity index (χ1v) is 9.99. The third-order valence-electron chi connectivity index (χ3n) is 4.69. The van der Waals surface area contributed by atoms with Gasteiger partial charge >= 0.3 is 0 Å². The zero-order valence-electron chi connectivity index (χ0n) is 16.7. The number of hydrogen-bond donors (Lipinski definition) is 1. The molecule has 146 valence electrons. The molecule has 0 saturated carbocycles. The van der Waals surface area contributed by atoms with Crippen molar-refractivity contribution in [1.82, 2.24) is 9.78 Å². The molecule has 3 rings (SSSR count). The Kier molecular flexibility index (Phi) is 6.41. The zero-order valence-corrected chi connectivity index (χ0v) is 17.5. The molecular weight excluding hydrogens is 370 g/mol. The van der Waals surface area contributed by atoms with Gasteiger partial charge in [-0.1, -0.05) is 11.8 Å². The average molecular weight is 396 g/mol. The van der Waals surface area contributed by atoms with Crippen molar-refractivity contribution in [3.8, 4) is 5.75 Å². The smallest absolute Gasteiger partial charge is 0.224 e. The van der Waals surface area contributed by atoms with E-state index in [0.717, 1.165) is 38.2 Å². The number of carbonyl (C=O) groups is 1. The molecule has 1 heterocycles. The van der Waals surface area contributed by atoms with Crippen LogP contribution in [0.4, 0.5) is 5.69 Å². The molecule has 0 atom stereocenters. The van der Waals surface area contributed by atoms with Gasteiger partial charge in [0.25, 0.3) is 0 Å². The quantitative estimate of drug-likeness (QED) is 0.626. The van der Waals surface area contributed by atoms with E-state index in [2.05, 4.69) is 10.4 Å². The SMILES string of the molecule is COc1ccc(Sc2ccc(NC(=O)CCc3c(C)nn(C)c3C)cc2)cc1. The molecule has 0 radical (unpaired) electrons. The summed E-state index contributed by atoms with van der Waals surface area (Å²) < 4.78 is 7.04. The number of benzene rings is 2. The number of hydrogen-bond acceptors (Lipinski definition) is 4. The fraction of sp³-hybridized carbons (Fsp3) is 0.273. The summed E-state index contributed by atoms with van der Waals surface area (Å²) in [5.74, 6) is 0.859. The second-order valence-corrected chi connectivity index (χ2v) is 7.77. The number of nitrogens with zero attached hydrogens (tertiary/aromatic N) is 2. The summed E-state index contributed by atoms with van der Waals surface area (Å²) in [5.41, 5.74) is 4.07. The molecule has 0 bridgehead atoms. The predicted molar refractivity (Wildman–Crippen MR) is 113 cm³/mol. The molecular formula is C22H25N3O2S. The Labute approximate surface area is 170 Å². The third-order valence-corrected chi connectivity index (χ3v) is 5.71. The molecule has 0 unspecified atom stereocenters. The lowest BCUT2D eigenvalue weighted by atomic mass is 10.1. The van der Waals surface area contributed by atoms with E-state index in [9.17, 15) is 4.79 Å². The van der Waals surface area contributed by atoms with Gasteiger partial charge in [0.15, 0.2) is 0 Å². The van der Waals surface area contributed by atoms with Gasteiger partial charge in [-0.15, -0.1) is 0 Å². The fourth-order valence-corrected chi connectivity index (χ4v) is 3.84. The molecule has 1 aromatic heterocycles. The second-order valence-electron chi connectivity index (χ2n) is 6.62. The summed E-state index contributed by atoms with van der Waals surface area (Å²) in [5, 5.41) is 7.37. The van der Waals surface area contributed by atoms with E-state index in [1.54, 1.807) is 18.9 Å². The van der Waals surface area contributed by atoms with Gasteiger partial charge < -0.3 is 10.1 Å². The van der Waals surface area contributed by atoms with E-state index in [-0.39, 0.29) is 5.91 Å². The largest absolute Gasteiger partial charge is 0.497 e. The first-order chi connectivity index (χ1) is 13.5. The minimum atomic E-state index is 0.0122. The maximum atomic E-state index is 12.3. The number of anilines is 1. The highest BCUT2D eigenvalue weighted by Crippen LogP contribution is 2.29. The minimum absolute atomic E-state index is 0.0122. The van der Waals surface area contributed by atoms with Crippen LogP contribution in [-0.2, 0) is 18.3 Å². The molecule has 5 nitrogen and oxygen atoms in total. The zero-order chi connectivity index (χ0) is 20.1. The molecule has 0 aliphatic rings. The first kappa shape index (κ1) is 20.0. The number of amides is 1. The van der Waals surface area contributed by atoms with Crippen LogP contribution in [0.3, 0.4) is 0 Å². The van der Waals surface area contributed by atoms with Crippen LogP contribution in [0.25, 0.3) is 0 Å². The molecule has 0 fully saturated rings. The van der Waals surface area contributed by atoms with Crippen LogP contribution in [0.2, 0.25) is 0 Å². The first-order valence-electron chi connectivity index (χ1n) is 9.17. The van der Waals surface area contributed by atoms with Crippen molar-refractivity contribution in [3.05, 3.63) is 65.5 Å². The summed E-state index contributed by atoms with van der Waals surface area (Å²) in [6.07, 6.45) is 1.14. The third kappa shape index (κ3) is 4.95. The fourth-order valence-electron chi connectivity index (χ4n) is 3.03. The van der Waals surface area contributed by atoms with Crippen molar-refractivity contribution in [2.24, 2.45) is 7.05 Å². The van der Waals surface area contributed by atoms with Gasteiger partial charge in [-0.2, -0.15) is 5.10 Å². The van der Waals surface area contributed by atoms with Crippen molar-refractivity contribution in [2.45, 2.75) is 36.5 Å². The number of methoxy groups -OCH3 is 1. The van der Waals surface area contributed by atoms with Gasteiger partial charge in [-0.25, -0.2) is 0 Å². The lowest BCUT2D eigenvalue weighted by molar-refractivity contribution is -0.116. The Hall–Kier alpha value is -2.73. The predicted octanol–water partition coefficient (Wildman–Crippen LogP) is 4.77. The van der Waals surface area contributed by atoms with Crippen LogP contribution < -0.4 is 10.1 Å². The molecule has 1 N–H and O–H groups in total. The Bertz CT molecular complexity index is 947. The summed E-state index contributed by atoms with van der Waals surface area (Å²) in [6.45, 7) is 4.02. The van der Waals surface area contributed by atoms with Gasteiger partial charge in [0.1, 0.15) is 5.75 Å². The lowest BCUT2D eigenvalue weighted by Crippen LogP contribution is -2.12. The van der Waals surface area contributed by atoms with Crippen LogP contribution >= 0.6 is 11.8 Å². The van der Waals surface area contributed by atoms with E-state index in [0.29, 0.717) is 12.8 Å². The molecule has 28 heavy (non-hydrogen) atoms. The number of aryl methyl sites for hydroxylation is 2. The van der Waals surface area contributed by atoms with E-state index >= 15 is 0 Å². The Balaban J connectivity index is 1.53. The van der Waals surface area contributed by atoms with Crippen LogP contribution in [-0.4, -0.2) is 22.8 Å². The summed E-state index contributed by atoms with van der Waals surface area (Å²) in [4.78, 5) is 14.6. The van der Waals surface area contributed by atoms with Crippen LogP contribution in [0.15, 0.2) is 58.3 Å². The number of ether oxygens (including phenoxy) is 1. The molecule has 0 aliphatic heterocycles. The molecule has 0 spiro atoms. The van der Waals surface area contributed by atoms with Crippen molar-refractivity contribution in [3.63, 3.8) is 0 Å². The summed E-state index contributed by atoms with van der Waals surface area (Å²) in [7, 11) is 3.59. The lowest BCUT2D eigenvalue weighted by Gasteiger charge is -2.07. The van der Waals surface area contributed by atoms with Gasteiger partial charge in [-0.05, 0) is 74.4 Å². The number of rotatable bonds is 7. The van der Waals surface area contributed by atoms with E-state index in [1.165, 1.54) is 0 Å². The summed E-state index contributed by atoms with van der Waals surface area (Å²) in [6, 6.07) is 15.9. The Morgan fingerprint density at radius 3 is 2.21 bits per heavy atom. The van der Waals surface area contributed by atoms with Gasteiger partial charge in [0.05, 0.1) is 12.8 Å². The highest BCUT2D eigenvalue weighted by Gasteiger charge is 2.11. The minimum Gasteiger partial charge on any atom is -0.497 e. The topological polar surface area (TPSA) is 56.1 Å². The van der Waals surface area contributed by atoms with Crippen molar-refractivity contribution in [2.75, 3.05) is 12.4 Å². The van der Waals surface area contributed by atoms with Crippen molar-refractivity contribution >= 4 is 23.4 Å². The molecule has 2 aromatic carbocycles. The second kappa shape index (κ2) is 8.97. The van der Waals surface area contributed by atoms with Crippen LogP contribution in [0.1, 0.15) is 23.4 Å². The average Bonchev–Trinajstić information content (AvgIpc) is 2.94. The number of nitrogens with one attached hydrogen (secondary N) is 1. The number of aromatic nitrogens is 2. The van der Waals surface area contributed by atoms with E-state index in [4.69, 9.17) is 4.74 Å². The maximum Gasteiger partial charge on any atom is 0.224 e. The maximum absolute atomic E-state index is 12.3. The molecule has 0 saturated heterocycles. The van der Waals surface area contributed by atoms with Crippen LogP contribution in [0, 0.1) is 13.8 Å². The highest BCUT2D eigenvalue weighted by atomic mass is 32.2. The molecule has 6 heteroatoms. The van der Waals surface area contributed by atoms with Crippen LogP contribution in [0.5, 0.6) is 5.75 Å². The number of carbonyl (C=O) groups excluding carboxylic acids is 1. The monoisotopic (exact) mass is 395 g/mol. The highest BCUT2D eigenvalue weighted by molar-refractivity contribution is 7.99. The molecule has 3 aromatic rings. The Morgan fingerprint density at radius 2 is 1.68 bits per heavy atom. The van der Waals surface area contributed by atoms with E-state index in [1.807, 2.05) is 74.1 Å². The van der Waals surface area contributed by atoms with Crippen molar-refractivity contribution in [1.29, 1.82) is 0 Å².